The highest BCUT2D eigenvalue weighted by molar-refractivity contribution is 9.09. The Labute approximate surface area is 285 Å². The molecule has 0 radical (unpaired) electrons. The number of hydrogen-bond acceptors (Lipinski definition) is 8. The first kappa shape index (κ1) is 33.5. The lowest BCUT2D eigenvalue weighted by Crippen LogP contribution is -2.40. The van der Waals surface area contributed by atoms with Crippen LogP contribution < -0.4 is 14.2 Å². The van der Waals surface area contributed by atoms with Crippen LogP contribution in [0.4, 0.5) is 4.39 Å². The molecule has 0 unspecified atom stereocenters. The number of benzene rings is 2. The summed E-state index contributed by atoms with van der Waals surface area (Å²) >= 11 is 3.46. The standard InChI is InChI=1S/C16H16N2O3S.C12H10N2O3S.C4H7Br.CH3F/c19-22(20)16-7-6-14(21-15-5-2-8-17-10-15)9-12(16)11-18(22)13-3-1-4-13;15-18(16)12-4-3-10(6-9(12)7-14-18)17-11-2-1-5-13-8-11;5-4-2-1-3-4;1-2/h2,5-10,13H,1,3-4,11H2;1-6,8,14H,7H2;4H,1-3H2;1H3/i;;;1D. The Balaban J connectivity index is 0.000000155. The van der Waals surface area contributed by atoms with Gasteiger partial charge in [-0.1, -0.05) is 28.8 Å². The van der Waals surface area contributed by atoms with Gasteiger partial charge in [0.15, 0.2) is 0 Å². The van der Waals surface area contributed by atoms with Crippen molar-refractivity contribution in [2.75, 3.05) is 7.15 Å². The maximum atomic E-state index is 12.6. The van der Waals surface area contributed by atoms with Crippen LogP contribution in [0, 0.1) is 0 Å². The molecule has 2 saturated carbocycles. The van der Waals surface area contributed by atoms with E-state index in [0.717, 1.165) is 35.2 Å². The molecule has 2 aromatic heterocycles. The molecule has 4 heterocycles. The number of halogens is 2. The van der Waals surface area contributed by atoms with E-state index in [4.69, 9.17) is 10.8 Å². The minimum atomic E-state index is -3.33. The minimum absolute atomic E-state index is 0.167. The van der Waals surface area contributed by atoms with Gasteiger partial charge in [-0.2, -0.15) is 4.31 Å². The van der Waals surface area contributed by atoms with Crippen molar-refractivity contribution in [1.29, 1.82) is 0 Å². The van der Waals surface area contributed by atoms with Gasteiger partial charge in [-0.25, -0.2) is 21.6 Å². The number of sulfonamides is 2. The average Bonchev–Trinajstić information content (AvgIpc) is 3.47. The number of nitrogens with one attached hydrogen (secondary N) is 1. The van der Waals surface area contributed by atoms with Crippen LogP contribution >= 0.6 is 15.9 Å². The highest BCUT2D eigenvalue weighted by atomic mass is 79.9. The maximum Gasteiger partial charge on any atom is 0.243 e. The van der Waals surface area contributed by atoms with Gasteiger partial charge in [-0.3, -0.25) is 14.4 Å². The third kappa shape index (κ3) is 8.54. The summed E-state index contributed by atoms with van der Waals surface area (Å²) in [5, 5.41) is 0. The lowest BCUT2D eigenvalue weighted by atomic mass is 9.93. The van der Waals surface area contributed by atoms with Crippen molar-refractivity contribution in [3.05, 3.63) is 96.6 Å². The Hall–Kier alpha value is -3.43. The molecule has 0 amide bonds. The first-order chi connectivity index (χ1) is 23.1. The van der Waals surface area contributed by atoms with Gasteiger partial charge < -0.3 is 9.47 Å². The monoisotopic (exact) mass is 747 g/mol. The molecule has 2 aliphatic heterocycles. The van der Waals surface area contributed by atoms with Crippen LogP contribution in [0.3, 0.4) is 0 Å². The molecule has 1 N–H and O–H groups in total. The van der Waals surface area contributed by atoms with Gasteiger partial charge in [0.25, 0.3) is 0 Å². The smallest absolute Gasteiger partial charge is 0.243 e. The summed E-state index contributed by atoms with van der Waals surface area (Å²) in [4.78, 5) is 9.56. The summed E-state index contributed by atoms with van der Waals surface area (Å²) in [6.45, 7) is 0.758. The van der Waals surface area contributed by atoms with Crippen molar-refractivity contribution in [1.82, 2.24) is 19.0 Å². The predicted octanol–water partition coefficient (Wildman–Crippen LogP) is 7.12. The largest absolute Gasteiger partial charge is 0.456 e. The molecule has 14 heteroatoms. The molecule has 0 spiro atoms. The highest BCUT2D eigenvalue weighted by Gasteiger charge is 2.41. The fourth-order valence-corrected chi connectivity index (χ4v) is 8.82. The van der Waals surface area contributed by atoms with Crippen LogP contribution in [0.5, 0.6) is 23.0 Å². The normalized spacial score (nSPS) is 18.9. The van der Waals surface area contributed by atoms with Crippen LogP contribution in [-0.2, 0) is 33.1 Å². The Morgan fingerprint density at radius 2 is 1.36 bits per heavy atom. The number of fused-ring (bicyclic) bond motifs is 2. The summed E-state index contributed by atoms with van der Waals surface area (Å²) in [6.07, 6.45) is 13.9. The number of hydrogen-bond donors (Lipinski definition) is 1. The van der Waals surface area contributed by atoms with Crippen molar-refractivity contribution in [3.8, 4) is 23.0 Å². The van der Waals surface area contributed by atoms with Gasteiger partial charge >= 0.3 is 0 Å². The molecule has 0 atom stereocenters. The maximum absolute atomic E-state index is 12.6. The summed E-state index contributed by atoms with van der Waals surface area (Å²) in [7, 11) is -7.64. The molecule has 0 saturated heterocycles. The molecule has 2 aliphatic carbocycles. The molecular formula is C33H36BrFN4O6S2. The van der Waals surface area contributed by atoms with Crippen LogP contribution in [-0.4, -0.2) is 49.1 Å². The Morgan fingerprint density at radius 3 is 1.83 bits per heavy atom. The van der Waals surface area contributed by atoms with E-state index in [9.17, 15) is 21.2 Å². The summed E-state index contributed by atoms with van der Waals surface area (Å²) < 4.78 is 79.2. The van der Waals surface area contributed by atoms with Crippen molar-refractivity contribution in [2.24, 2.45) is 0 Å². The fourth-order valence-electron chi connectivity index (χ4n) is 5.09. The second-order valence-electron chi connectivity index (χ2n) is 11.1. The molecule has 250 valence electrons. The SMILES string of the molecule is BrC1CCC1.O=S1(=O)NCc2cc(Oc3cccnc3)ccc21.O=S1(=O)c2ccc(Oc3cccnc3)cc2CN1C1CCC1.[2H]CF. The number of aromatic nitrogens is 2. The minimum Gasteiger partial charge on any atom is -0.456 e. The molecule has 4 aromatic rings. The van der Waals surface area contributed by atoms with Crippen molar-refractivity contribution in [2.45, 2.75) is 72.3 Å². The number of ether oxygens (including phenoxy) is 2. The Kier molecular flexibility index (Phi) is 11.1. The van der Waals surface area contributed by atoms with E-state index < -0.39 is 27.2 Å². The molecule has 47 heavy (non-hydrogen) atoms. The molecule has 8 rings (SSSR count). The molecule has 2 aromatic carbocycles. The van der Waals surface area contributed by atoms with Gasteiger partial charge in [0, 0.05) is 36.4 Å². The summed E-state index contributed by atoms with van der Waals surface area (Å²) in [5.74, 6) is 2.49. The summed E-state index contributed by atoms with van der Waals surface area (Å²) in [6, 6.07) is 17.4. The molecule has 2 fully saturated rings. The van der Waals surface area contributed by atoms with E-state index in [1.807, 2.05) is 12.1 Å². The van der Waals surface area contributed by atoms with Gasteiger partial charge in [-0.05, 0) is 97.5 Å². The third-order valence-electron chi connectivity index (χ3n) is 7.98. The van der Waals surface area contributed by atoms with E-state index in [1.54, 1.807) is 77.6 Å². The molecule has 0 bridgehead atoms. The second kappa shape index (κ2) is 15.6. The van der Waals surface area contributed by atoms with Gasteiger partial charge in [0.1, 0.15) is 23.0 Å². The second-order valence-corrected chi connectivity index (χ2v) is 16.0. The van der Waals surface area contributed by atoms with E-state index in [0.29, 0.717) is 45.9 Å². The fraction of sp³-hybridized carbons (Fsp3) is 0.333. The zero-order chi connectivity index (χ0) is 34.1. The highest BCUT2D eigenvalue weighted by Crippen LogP contribution is 2.39. The van der Waals surface area contributed by atoms with Gasteiger partial charge in [-0.15, -0.1) is 0 Å². The average molecular weight is 749 g/mol. The topological polar surface area (TPSA) is 128 Å². The summed E-state index contributed by atoms with van der Waals surface area (Å²) in [5.41, 5.74) is 1.53. The first-order valence-corrected chi connectivity index (χ1v) is 18.9. The lowest BCUT2D eigenvalue weighted by molar-refractivity contribution is 0.221. The number of alkyl halides is 2. The first-order valence-electron chi connectivity index (χ1n) is 15.7. The predicted molar refractivity (Wildman–Crippen MR) is 179 cm³/mol. The van der Waals surface area contributed by atoms with Gasteiger partial charge in [0.2, 0.25) is 20.0 Å². The Morgan fingerprint density at radius 1 is 0.830 bits per heavy atom. The van der Waals surface area contributed by atoms with Crippen molar-refractivity contribution >= 4 is 36.0 Å². The van der Waals surface area contributed by atoms with Crippen molar-refractivity contribution in [3.63, 3.8) is 0 Å². The van der Waals surface area contributed by atoms with Crippen LogP contribution in [0.15, 0.2) is 95.2 Å². The van der Waals surface area contributed by atoms with Crippen LogP contribution in [0.1, 0.15) is 51.0 Å². The number of pyridine rings is 2. The quantitative estimate of drug-likeness (QED) is 0.214. The van der Waals surface area contributed by atoms with Crippen LogP contribution in [0.2, 0.25) is 0 Å². The van der Waals surface area contributed by atoms with Gasteiger partial charge in [0.05, 0.1) is 30.7 Å². The molecule has 10 nitrogen and oxygen atoms in total. The van der Waals surface area contributed by atoms with Crippen molar-refractivity contribution < 1.29 is 32.1 Å². The zero-order valence-corrected chi connectivity index (χ0v) is 28.7. The van der Waals surface area contributed by atoms with E-state index in [-0.39, 0.29) is 6.04 Å². The van der Waals surface area contributed by atoms with E-state index in [1.165, 1.54) is 19.3 Å². The number of nitrogens with zero attached hydrogens (tertiary/aromatic N) is 3. The van der Waals surface area contributed by atoms with Crippen LogP contribution in [0.25, 0.3) is 0 Å². The lowest BCUT2D eigenvalue weighted by Gasteiger charge is -2.33. The molecular weight excluding hydrogens is 711 g/mol. The number of rotatable bonds is 5. The molecule has 4 aliphatic rings. The Bertz CT molecular complexity index is 1890. The zero-order valence-electron chi connectivity index (χ0n) is 26.5. The van der Waals surface area contributed by atoms with E-state index >= 15 is 0 Å². The van der Waals surface area contributed by atoms with E-state index in [2.05, 4.69) is 30.6 Å². The third-order valence-corrected chi connectivity index (χ3v) is 12.4.